The number of nitrogens with one attached hydrogen (secondary N) is 1. The number of alkyl halides is 3. The molecule has 3 nitrogen and oxygen atoms in total. The van der Waals surface area contributed by atoms with Crippen molar-refractivity contribution in [3.63, 3.8) is 0 Å². The third kappa shape index (κ3) is 6.47. The first-order chi connectivity index (χ1) is 13.7. The Hall–Kier alpha value is -2.06. The molecule has 0 amide bonds. The third-order valence-corrected chi connectivity index (χ3v) is 5.35. The molecule has 0 aliphatic heterocycles. The lowest BCUT2D eigenvalue weighted by Gasteiger charge is -2.17. The van der Waals surface area contributed by atoms with E-state index in [-0.39, 0.29) is 5.69 Å². The summed E-state index contributed by atoms with van der Waals surface area (Å²) in [6.07, 6.45) is -1.74. The molecule has 0 radical (unpaired) electrons. The summed E-state index contributed by atoms with van der Waals surface area (Å²) in [6, 6.07) is 8.49. The molecule has 0 unspecified atom stereocenters. The fourth-order valence-electron chi connectivity index (χ4n) is 2.43. The van der Waals surface area contributed by atoms with Gasteiger partial charge in [0, 0.05) is 15.6 Å². The summed E-state index contributed by atoms with van der Waals surface area (Å²) < 4.78 is 40.1. The number of benzene rings is 1. The highest BCUT2D eigenvalue weighted by molar-refractivity contribution is 9.10. The molecule has 0 bridgehead atoms. The molecule has 154 valence electrons. The lowest BCUT2D eigenvalue weighted by molar-refractivity contribution is -0.137. The van der Waals surface area contributed by atoms with E-state index in [0.29, 0.717) is 22.8 Å². The minimum absolute atomic E-state index is 0.240. The fraction of sp³-hybridized carbons (Fsp3) is 0.238. The first-order valence-electron chi connectivity index (χ1n) is 8.79. The van der Waals surface area contributed by atoms with Crippen LogP contribution in [0.1, 0.15) is 25.1 Å². The van der Waals surface area contributed by atoms with Crippen molar-refractivity contribution in [3.8, 4) is 0 Å². The minimum Gasteiger partial charge on any atom is -0.353 e. The van der Waals surface area contributed by atoms with E-state index in [1.807, 2.05) is 44.2 Å². The number of halogens is 4. The van der Waals surface area contributed by atoms with Crippen molar-refractivity contribution >= 4 is 44.8 Å². The molecule has 1 N–H and O–H groups in total. The number of thioether (sulfide) groups is 1. The summed E-state index contributed by atoms with van der Waals surface area (Å²) in [5.41, 5.74) is 1.51. The molecule has 0 aliphatic carbocycles. The smallest absolute Gasteiger partial charge is 0.353 e. The van der Waals surface area contributed by atoms with Gasteiger partial charge in [-0.05, 0) is 43.9 Å². The van der Waals surface area contributed by atoms with Gasteiger partial charge in [-0.15, -0.1) is 11.8 Å². The first-order valence-corrected chi connectivity index (χ1v) is 10.6. The lowest BCUT2D eigenvalue weighted by Crippen LogP contribution is -2.14. The van der Waals surface area contributed by atoms with Crippen LogP contribution in [-0.2, 0) is 6.18 Å². The Balaban J connectivity index is 2.45. The number of hydrogen-bond donors (Lipinski definition) is 1. The monoisotopic (exact) mass is 483 g/mol. The average Bonchev–Trinajstić information content (AvgIpc) is 2.65. The maximum atomic E-state index is 13.1. The van der Waals surface area contributed by atoms with Crippen LogP contribution in [0.3, 0.4) is 0 Å². The van der Waals surface area contributed by atoms with Crippen molar-refractivity contribution in [2.24, 2.45) is 4.99 Å². The van der Waals surface area contributed by atoms with Crippen molar-refractivity contribution in [2.45, 2.75) is 26.9 Å². The van der Waals surface area contributed by atoms with E-state index in [9.17, 15) is 13.2 Å². The highest BCUT2D eigenvalue weighted by Crippen LogP contribution is 2.32. The van der Waals surface area contributed by atoms with Crippen molar-refractivity contribution in [3.05, 3.63) is 75.5 Å². The molecule has 29 heavy (non-hydrogen) atoms. The van der Waals surface area contributed by atoms with Crippen LogP contribution in [0, 0.1) is 6.92 Å². The van der Waals surface area contributed by atoms with Gasteiger partial charge in [0.15, 0.2) is 0 Å². The zero-order valence-corrected chi connectivity index (χ0v) is 18.7. The van der Waals surface area contributed by atoms with Crippen molar-refractivity contribution in [1.82, 2.24) is 4.98 Å². The minimum atomic E-state index is -4.47. The molecule has 0 atom stereocenters. The molecular formula is C21H21BrF3N3S. The van der Waals surface area contributed by atoms with E-state index in [2.05, 4.69) is 32.8 Å². The van der Waals surface area contributed by atoms with E-state index in [4.69, 9.17) is 4.99 Å². The average molecular weight is 484 g/mol. The van der Waals surface area contributed by atoms with Crippen LogP contribution in [0.2, 0.25) is 0 Å². The Morgan fingerprint density at radius 1 is 1.34 bits per heavy atom. The van der Waals surface area contributed by atoms with Gasteiger partial charge >= 0.3 is 6.18 Å². The van der Waals surface area contributed by atoms with Crippen LogP contribution in [0.25, 0.3) is 0 Å². The van der Waals surface area contributed by atoms with Gasteiger partial charge in [-0.2, -0.15) is 13.2 Å². The summed E-state index contributed by atoms with van der Waals surface area (Å²) >= 11 is 5.00. The van der Waals surface area contributed by atoms with Crippen molar-refractivity contribution in [2.75, 3.05) is 11.1 Å². The number of nitrogens with zero attached hydrogens (tertiary/aromatic N) is 2. The maximum absolute atomic E-state index is 13.1. The summed E-state index contributed by atoms with van der Waals surface area (Å²) in [5.74, 6) is 0.814. The number of rotatable bonds is 7. The first kappa shape index (κ1) is 23.2. The van der Waals surface area contributed by atoms with Crippen LogP contribution >= 0.6 is 27.7 Å². The summed E-state index contributed by atoms with van der Waals surface area (Å²) in [7, 11) is 0. The predicted octanol–water partition coefficient (Wildman–Crippen LogP) is 7.53. The second kappa shape index (κ2) is 10.1. The predicted molar refractivity (Wildman–Crippen MR) is 120 cm³/mol. The molecule has 1 aromatic heterocycles. The van der Waals surface area contributed by atoms with Crippen LogP contribution in [0.15, 0.2) is 69.3 Å². The second-order valence-corrected chi connectivity index (χ2v) is 8.21. The largest absolute Gasteiger partial charge is 0.417 e. The van der Waals surface area contributed by atoms with Gasteiger partial charge < -0.3 is 5.32 Å². The fourth-order valence-corrected chi connectivity index (χ4v) is 3.60. The van der Waals surface area contributed by atoms with E-state index < -0.39 is 11.7 Å². The molecule has 1 heterocycles. The Labute approximate surface area is 181 Å². The molecule has 1 aromatic carbocycles. The molecule has 0 fully saturated rings. The summed E-state index contributed by atoms with van der Waals surface area (Å²) in [5, 5.41) is 2.98. The van der Waals surface area contributed by atoms with E-state index in [1.165, 1.54) is 0 Å². The highest BCUT2D eigenvalue weighted by Gasteiger charge is 2.31. The third-order valence-electron chi connectivity index (χ3n) is 3.83. The van der Waals surface area contributed by atoms with Gasteiger partial charge in [-0.3, -0.25) is 4.98 Å². The standard InChI is InChI=1S/C21H21BrF3N3S/c1-5-19(29-6-2)20(28-17-9-7-8-16(22)11-17)14(4)27-18-10-15(21(23,24)25)12-26-13(18)3/h5,7-12,27H,4,6H2,1-3H3/b19-5+,28-20-. The quantitative estimate of drug-likeness (QED) is 0.413. The summed E-state index contributed by atoms with van der Waals surface area (Å²) in [4.78, 5) is 9.44. The number of pyridine rings is 1. The van der Waals surface area contributed by atoms with Gasteiger partial charge in [0.2, 0.25) is 0 Å². The number of allylic oxidation sites excluding steroid dienone is 2. The molecule has 0 aliphatic rings. The zero-order valence-electron chi connectivity index (χ0n) is 16.3. The van der Waals surface area contributed by atoms with Crippen LogP contribution < -0.4 is 5.32 Å². The molecule has 0 saturated carbocycles. The molecule has 2 rings (SSSR count). The lowest BCUT2D eigenvalue weighted by atomic mass is 10.2. The van der Waals surface area contributed by atoms with Gasteiger partial charge in [-0.1, -0.05) is 41.6 Å². The number of aryl methyl sites for hydroxylation is 1. The van der Waals surface area contributed by atoms with Crippen LogP contribution in [0.4, 0.5) is 24.5 Å². The normalized spacial score (nSPS) is 12.8. The van der Waals surface area contributed by atoms with Crippen molar-refractivity contribution in [1.29, 1.82) is 0 Å². The Morgan fingerprint density at radius 3 is 2.66 bits per heavy atom. The van der Waals surface area contributed by atoms with Crippen LogP contribution in [-0.4, -0.2) is 16.4 Å². The van der Waals surface area contributed by atoms with Crippen LogP contribution in [0.5, 0.6) is 0 Å². The topological polar surface area (TPSA) is 37.3 Å². The SMILES string of the molecule is C=C(Nc1cc(C(F)(F)F)cnc1C)C(=N/c1cccc(Br)c1)/C(=C\C)SCC. The number of hydrogen-bond acceptors (Lipinski definition) is 4. The van der Waals surface area contributed by atoms with E-state index >= 15 is 0 Å². The van der Waals surface area contributed by atoms with Gasteiger partial charge in [-0.25, -0.2) is 4.99 Å². The van der Waals surface area contributed by atoms with Crippen molar-refractivity contribution < 1.29 is 13.2 Å². The number of aliphatic imine (C=N–C) groups is 1. The van der Waals surface area contributed by atoms with E-state index in [0.717, 1.165) is 27.4 Å². The van der Waals surface area contributed by atoms with E-state index in [1.54, 1.807) is 18.7 Å². The Bertz CT molecular complexity index is 952. The maximum Gasteiger partial charge on any atom is 0.417 e. The highest BCUT2D eigenvalue weighted by atomic mass is 79.9. The Morgan fingerprint density at radius 2 is 2.07 bits per heavy atom. The Kier molecular flexibility index (Phi) is 8.10. The zero-order chi connectivity index (χ0) is 21.6. The molecular weight excluding hydrogens is 463 g/mol. The molecule has 8 heteroatoms. The number of aromatic nitrogens is 1. The van der Waals surface area contributed by atoms with Gasteiger partial charge in [0.05, 0.1) is 34.0 Å². The van der Waals surface area contributed by atoms with Gasteiger partial charge in [0.1, 0.15) is 0 Å². The molecule has 0 spiro atoms. The number of anilines is 1. The molecule has 2 aromatic rings. The second-order valence-electron chi connectivity index (χ2n) is 5.98. The molecule has 0 saturated heterocycles. The summed E-state index contributed by atoms with van der Waals surface area (Å²) in [6.45, 7) is 9.58. The van der Waals surface area contributed by atoms with Gasteiger partial charge in [0.25, 0.3) is 0 Å².